The van der Waals surface area contributed by atoms with Gasteiger partial charge >= 0.3 is 0 Å². The summed E-state index contributed by atoms with van der Waals surface area (Å²) in [6.45, 7) is 6.97. The number of piperazine rings is 1. The van der Waals surface area contributed by atoms with Gasteiger partial charge in [-0.25, -0.2) is 0 Å². The predicted octanol–water partition coefficient (Wildman–Crippen LogP) is 3.09. The van der Waals surface area contributed by atoms with E-state index in [2.05, 4.69) is 55.0 Å². The Hall–Kier alpha value is -1.02. The molecule has 98 valence electrons. The molecular weight excluding hydrogens is 220 g/mol. The summed E-state index contributed by atoms with van der Waals surface area (Å²) in [5, 5.41) is 0. The minimum absolute atomic E-state index is 0.628. The van der Waals surface area contributed by atoms with Gasteiger partial charge < -0.3 is 9.80 Å². The molecule has 2 aliphatic heterocycles. The van der Waals surface area contributed by atoms with Gasteiger partial charge in [0, 0.05) is 30.9 Å². The van der Waals surface area contributed by atoms with E-state index in [0.29, 0.717) is 5.92 Å². The summed E-state index contributed by atoms with van der Waals surface area (Å²) in [5.41, 5.74) is 2.88. The zero-order chi connectivity index (χ0) is 12.7. The van der Waals surface area contributed by atoms with Crippen LogP contribution in [0, 0.1) is 0 Å². The number of likely N-dealkylation sites (tertiary alicyclic amines) is 1. The average Bonchev–Trinajstić information content (AvgIpc) is 2.62. The number of fused-ring (bicyclic) bond motifs is 2. The summed E-state index contributed by atoms with van der Waals surface area (Å²) in [7, 11) is 2.25. The lowest BCUT2D eigenvalue weighted by Crippen LogP contribution is -2.52. The fourth-order valence-corrected chi connectivity index (χ4v) is 3.57. The second kappa shape index (κ2) is 4.58. The molecule has 3 rings (SSSR count). The molecule has 0 aromatic heterocycles. The highest BCUT2D eigenvalue weighted by Crippen LogP contribution is 2.34. The molecule has 0 N–H and O–H groups in total. The van der Waals surface area contributed by atoms with E-state index < -0.39 is 0 Å². The van der Waals surface area contributed by atoms with Gasteiger partial charge in [0.1, 0.15) is 0 Å². The van der Waals surface area contributed by atoms with Gasteiger partial charge in [0.15, 0.2) is 0 Å². The quantitative estimate of drug-likeness (QED) is 0.789. The smallest absolute Gasteiger partial charge is 0.0421 e. The van der Waals surface area contributed by atoms with Crippen LogP contribution in [0.3, 0.4) is 0 Å². The molecule has 2 bridgehead atoms. The highest BCUT2D eigenvalue weighted by molar-refractivity contribution is 5.52. The number of rotatable bonds is 2. The number of likely N-dealkylation sites (N-methyl/N-ethyl adjacent to an activating group) is 1. The Morgan fingerprint density at radius 3 is 2.06 bits per heavy atom. The second-order valence-corrected chi connectivity index (χ2v) is 6.26. The number of hydrogen-bond acceptors (Lipinski definition) is 2. The second-order valence-electron chi connectivity index (χ2n) is 6.26. The summed E-state index contributed by atoms with van der Waals surface area (Å²) in [4.78, 5) is 5.16. The van der Waals surface area contributed by atoms with Gasteiger partial charge in [0.2, 0.25) is 0 Å². The number of benzene rings is 1. The van der Waals surface area contributed by atoms with E-state index in [9.17, 15) is 0 Å². The van der Waals surface area contributed by atoms with Crippen molar-refractivity contribution >= 4 is 5.69 Å². The van der Waals surface area contributed by atoms with E-state index in [-0.39, 0.29) is 0 Å². The van der Waals surface area contributed by atoms with E-state index in [4.69, 9.17) is 0 Å². The van der Waals surface area contributed by atoms with Crippen molar-refractivity contribution < 1.29 is 0 Å². The fourth-order valence-electron chi connectivity index (χ4n) is 3.57. The predicted molar refractivity (Wildman–Crippen MR) is 77.3 cm³/mol. The third kappa shape index (κ3) is 2.03. The maximum atomic E-state index is 2.67. The Morgan fingerprint density at radius 2 is 1.56 bits per heavy atom. The molecule has 0 radical (unpaired) electrons. The first-order valence-electron chi connectivity index (χ1n) is 7.22. The fraction of sp³-hybridized carbons (Fsp3) is 0.625. The minimum Gasteiger partial charge on any atom is -0.363 e. The Kier molecular flexibility index (Phi) is 3.06. The van der Waals surface area contributed by atoms with Crippen molar-refractivity contribution in [1.29, 1.82) is 0 Å². The first-order valence-corrected chi connectivity index (χ1v) is 7.22. The molecular formula is C16H24N2. The van der Waals surface area contributed by atoms with Gasteiger partial charge in [-0.15, -0.1) is 0 Å². The van der Waals surface area contributed by atoms with Gasteiger partial charge in [-0.3, -0.25) is 0 Å². The third-order valence-electron chi connectivity index (χ3n) is 4.52. The van der Waals surface area contributed by atoms with Crippen LogP contribution in [0.5, 0.6) is 0 Å². The van der Waals surface area contributed by atoms with Crippen LogP contribution in [0.4, 0.5) is 5.69 Å². The topological polar surface area (TPSA) is 6.48 Å². The van der Waals surface area contributed by atoms with E-state index in [1.54, 1.807) is 0 Å². The zero-order valence-corrected chi connectivity index (χ0v) is 11.8. The van der Waals surface area contributed by atoms with Crippen LogP contribution >= 0.6 is 0 Å². The van der Waals surface area contributed by atoms with Crippen LogP contribution in [-0.2, 0) is 0 Å². The van der Waals surface area contributed by atoms with Crippen molar-refractivity contribution in [1.82, 2.24) is 4.90 Å². The third-order valence-corrected chi connectivity index (χ3v) is 4.52. The molecule has 2 fully saturated rings. The summed E-state index contributed by atoms with van der Waals surface area (Å²) in [6.07, 6.45) is 2.72. The maximum absolute atomic E-state index is 2.67. The first kappa shape index (κ1) is 12.0. The van der Waals surface area contributed by atoms with E-state index in [0.717, 1.165) is 12.1 Å². The molecule has 0 aliphatic carbocycles. The van der Waals surface area contributed by atoms with Crippen LogP contribution in [-0.4, -0.2) is 37.1 Å². The first-order chi connectivity index (χ1) is 8.65. The molecule has 2 heteroatoms. The van der Waals surface area contributed by atoms with Crippen LogP contribution in [0.2, 0.25) is 0 Å². The number of hydrogen-bond donors (Lipinski definition) is 0. The summed E-state index contributed by atoms with van der Waals surface area (Å²) in [5.74, 6) is 0.628. The zero-order valence-electron chi connectivity index (χ0n) is 11.8. The number of anilines is 1. The molecule has 2 nitrogen and oxygen atoms in total. The molecule has 1 aromatic carbocycles. The maximum Gasteiger partial charge on any atom is 0.0421 e. The molecule has 2 aliphatic rings. The van der Waals surface area contributed by atoms with E-state index >= 15 is 0 Å². The lowest BCUT2D eigenvalue weighted by molar-refractivity contribution is 0.265. The normalized spacial score (nSPS) is 28.1. The highest BCUT2D eigenvalue weighted by atomic mass is 15.3. The van der Waals surface area contributed by atoms with Crippen LogP contribution in [0.25, 0.3) is 0 Å². The van der Waals surface area contributed by atoms with Crippen molar-refractivity contribution in [2.24, 2.45) is 0 Å². The Labute approximate surface area is 111 Å². The molecule has 2 saturated heterocycles. The van der Waals surface area contributed by atoms with Gasteiger partial charge in [0.05, 0.1) is 0 Å². The Morgan fingerprint density at radius 1 is 1.00 bits per heavy atom. The van der Waals surface area contributed by atoms with E-state index in [1.807, 2.05) is 0 Å². The summed E-state index contributed by atoms with van der Waals surface area (Å²) < 4.78 is 0. The highest BCUT2D eigenvalue weighted by Gasteiger charge is 2.38. The summed E-state index contributed by atoms with van der Waals surface area (Å²) >= 11 is 0. The largest absolute Gasteiger partial charge is 0.363 e. The lowest BCUT2D eigenvalue weighted by Gasteiger charge is -2.41. The van der Waals surface area contributed by atoms with Gasteiger partial charge in [-0.2, -0.15) is 0 Å². The van der Waals surface area contributed by atoms with Gasteiger partial charge in [0.25, 0.3) is 0 Å². The van der Waals surface area contributed by atoms with Crippen molar-refractivity contribution in [3.05, 3.63) is 29.8 Å². The lowest BCUT2D eigenvalue weighted by atomic mass is 10.0. The van der Waals surface area contributed by atoms with Crippen LogP contribution < -0.4 is 4.90 Å². The summed E-state index contributed by atoms with van der Waals surface area (Å²) in [6, 6.07) is 10.7. The van der Waals surface area contributed by atoms with Crippen molar-refractivity contribution in [2.45, 2.75) is 44.7 Å². The Balaban J connectivity index is 1.83. The SMILES string of the molecule is CC(C)c1ccc(N2C3CCC2CN(C)C3)cc1. The molecule has 2 heterocycles. The Bertz CT molecular complexity index is 396. The molecule has 0 amide bonds. The molecule has 0 spiro atoms. The van der Waals surface area contributed by atoms with Crippen molar-refractivity contribution in [3.8, 4) is 0 Å². The molecule has 0 saturated carbocycles. The van der Waals surface area contributed by atoms with Gasteiger partial charge in [-0.1, -0.05) is 26.0 Å². The molecule has 2 unspecified atom stereocenters. The van der Waals surface area contributed by atoms with Gasteiger partial charge in [-0.05, 0) is 43.5 Å². The minimum atomic E-state index is 0.628. The standard InChI is InChI=1S/C16H24N2/c1-12(2)13-4-6-14(7-5-13)18-15-8-9-16(18)11-17(3)10-15/h4-7,12,15-16H,8-11H2,1-3H3. The molecule has 2 atom stereocenters. The average molecular weight is 244 g/mol. The van der Waals surface area contributed by atoms with Crippen molar-refractivity contribution in [2.75, 3.05) is 25.0 Å². The van der Waals surface area contributed by atoms with Crippen LogP contribution in [0.1, 0.15) is 38.2 Å². The molecule has 1 aromatic rings. The monoisotopic (exact) mass is 244 g/mol. The number of nitrogens with zero attached hydrogens (tertiary/aromatic N) is 2. The van der Waals surface area contributed by atoms with Crippen molar-refractivity contribution in [3.63, 3.8) is 0 Å². The molecule has 18 heavy (non-hydrogen) atoms. The van der Waals surface area contributed by atoms with E-state index in [1.165, 1.54) is 37.2 Å². The van der Waals surface area contributed by atoms with Crippen LogP contribution in [0.15, 0.2) is 24.3 Å².